The van der Waals surface area contributed by atoms with E-state index in [1.165, 1.54) is 12.8 Å². The molecular formula is C14H20N2O3. The molecule has 5 heteroatoms. The average Bonchev–Trinajstić information content (AvgIpc) is 2.90. The fourth-order valence-electron chi connectivity index (χ4n) is 2.30. The second kappa shape index (κ2) is 6.31. The predicted molar refractivity (Wildman–Crippen MR) is 74.0 cm³/mol. The molecule has 0 radical (unpaired) electrons. The van der Waals surface area contributed by atoms with Crippen LogP contribution in [0.4, 0.5) is 10.5 Å². The SMILES string of the molecule is COc1cc(NC(=O)NC2CCCC2)cc(OC)c1. The van der Waals surface area contributed by atoms with Crippen LogP contribution in [0.15, 0.2) is 18.2 Å². The topological polar surface area (TPSA) is 59.6 Å². The third-order valence-electron chi connectivity index (χ3n) is 3.30. The number of amides is 2. The van der Waals surface area contributed by atoms with Crippen molar-refractivity contribution < 1.29 is 14.3 Å². The van der Waals surface area contributed by atoms with E-state index >= 15 is 0 Å². The molecule has 0 aromatic heterocycles. The molecule has 1 aliphatic rings. The monoisotopic (exact) mass is 264 g/mol. The van der Waals surface area contributed by atoms with Crippen LogP contribution in [0.25, 0.3) is 0 Å². The van der Waals surface area contributed by atoms with Crippen molar-refractivity contribution in [1.82, 2.24) is 5.32 Å². The van der Waals surface area contributed by atoms with Gasteiger partial charge in [0.05, 0.1) is 14.2 Å². The van der Waals surface area contributed by atoms with Gasteiger partial charge >= 0.3 is 6.03 Å². The largest absolute Gasteiger partial charge is 0.497 e. The van der Waals surface area contributed by atoms with Crippen LogP contribution in [0.1, 0.15) is 25.7 Å². The Labute approximate surface area is 113 Å². The average molecular weight is 264 g/mol. The van der Waals surface area contributed by atoms with Gasteiger partial charge in [0.25, 0.3) is 0 Å². The highest BCUT2D eigenvalue weighted by Gasteiger charge is 2.17. The summed E-state index contributed by atoms with van der Waals surface area (Å²) in [5.41, 5.74) is 0.659. The van der Waals surface area contributed by atoms with Crippen molar-refractivity contribution >= 4 is 11.7 Å². The Balaban J connectivity index is 1.98. The van der Waals surface area contributed by atoms with E-state index in [0.717, 1.165) is 12.8 Å². The van der Waals surface area contributed by atoms with E-state index in [9.17, 15) is 4.79 Å². The van der Waals surface area contributed by atoms with Crippen molar-refractivity contribution in [2.75, 3.05) is 19.5 Å². The number of rotatable bonds is 4. The van der Waals surface area contributed by atoms with Crippen LogP contribution in [0.2, 0.25) is 0 Å². The van der Waals surface area contributed by atoms with E-state index in [-0.39, 0.29) is 6.03 Å². The van der Waals surface area contributed by atoms with E-state index in [1.54, 1.807) is 32.4 Å². The van der Waals surface area contributed by atoms with Crippen molar-refractivity contribution in [3.8, 4) is 11.5 Å². The minimum Gasteiger partial charge on any atom is -0.497 e. The van der Waals surface area contributed by atoms with E-state index < -0.39 is 0 Å². The number of nitrogens with one attached hydrogen (secondary N) is 2. The van der Waals surface area contributed by atoms with Gasteiger partial charge < -0.3 is 20.1 Å². The van der Waals surface area contributed by atoms with Gasteiger partial charge in [-0.2, -0.15) is 0 Å². The molecular weight excluding hydrogens is 244 g/mol. The number of ether oxygens (including phenoxy) is 2. The highest BCUT2D eigenvalue weighted by molar-refractivity contribution is 5.90. The molecule has 1 aromatic rings. The summed E-state index contributed by atoms with van der Waals surface area (Å²) in [6.45, 7) is 0. The molecule has 0 aliphatic heterocycles. The maximum absolute atomic E-state index is 11.9. The van der Waals surface area contributed by atoms with Gasteiger partial charge in [0.2, 0.25) is 0 Å². The molecule has 0 bridgehead atoms. The minimum atomic E-state index is -0.179. The lowest BCUT2D eigenvalue weighted by atomic mass is 10.2. The van der Waals surface area contributed by atoms with Gasteiger partial charge in [-0.25, -0.2) is 4.79 Å². The van der Waals surface area contributed by atoms with Gasteiger partial charge in [-0.05, 0) is 12.8 Å². The van der Waals surface area contributed by atoms with Crippen LogP contribution in [-0.2, 0) is 0 Å². The molecule has 1 aliphatic carbocycles. The first-order chi connectivity index (χ1) is 9.21. The first kappa shape index (κ1) is 13.5. The molecule has 0 atom stereocenters. The van der Waals surface area contributed by atoms with E-state index in [4.69, 9.17) is 9.47 Å². The Hall–Kier alpha value is -1.91. The normalized spacial score (nSPS) is 15.1. The number of methoxy groups -OCH3 is 2. The van der Waals surface area contributed by atoms with E-state index in [2.05, 4.69) is 10.6 Å². The number of hydrogen-bond donors (Lipinski definition) is 2. The summed E-state index contributed by atoms with van der Waals surface area (Å²) in [5.74, 6) is 1.30. The molecule has 2 N–H and O–H groups in total. The Morgan fingerprint density at radius 3 is 2.21 bits per heavy atom. The lowest BCUT2D eigenvalue weighted by Gasteiger charge is -2.14. The number of carbonyl (C=O) groups excluding carboxylic acids is 1. The van der Waals surface area contributed by atoms with E-state index in [0.29, 0.717) is 23.2 Å². The van der Waals surface area contributed by atoms with E-state index in [1.807, 2.05) is 0 Å². The van der Waals surface area contributed by atoms with Crippen LogP contribution in [0, 0.1) is 0 Å². The molecule has 104 valence electrons. The summed E-state index contributed by atoms with van der Waals surface area (Å²) in [5, 5.41) is 5.78. The van der Waals surface area contributed by atoms with Crippen LogP contribution < -0.4 is 20.1 Å². The minimum absolute atomic E-state index is 0.179. The molecule has 1 aromatic carbocycles. The second-order valence-corrected chi connectivity index (χ2v) is 4.68. The first-order valence-corrected chi connectivity index (χ1v) is 6.52. The Kier molecular flexibility index (Phi) is 4.49. The summed E-state index contributed by atoms with van der Waals surface area (Å²) >= 11 is 0. The summed E-state index contributed by atoms with van der Waals surface area (Å²) in [6.07, 6.45) is 4.51. The first-order valence-electron chi connectivity index (χ1n) is 6.52. The number of urea groups is 1. The van der Waals surface area contributed by atoms with Gasteiger partial charge in [0.1, 0.15) is 11.5 Å². The molecule has 5 nitrogen and oxygen atoms in total. The van der Waals surface area contributed by atoms with Gasteiger partial charge in [-0.3, -0.25) is 0 Å². The second-order valence-electron chi connectivity index (χ2n) is 4.68. The Morgan fingerprint density at radius 2 is 1.68 bits per heavy atom. The molecule has 0 spiro atoms. The molecule has 2 rings (SSSR count). The van der Waals surface area contributed by atoms with Crippen molar-refractivity contribution in [3.05, 3.63) is 18.2 Å². The maximum Gasteiger partial charge on any atom is 0.319 e. The molecule has 19 heavy (non-hydrogen) atoms. The standard InChI is InChI=1S/C14H20N2O3/c1-18-12-7-11(8-13(9-12)19-2)16-14(17)15-10-5-3-4-6-10/h7-10H,3-6H2,1-2H3,(H2,15,16,17). The Morgan fingerprint density at radius 1 is 1.11 bits per heavy atom. The fraction of sp³-hybridized carbons (Fsp3) is 0.500. The lowest BCUT2D eigenvalue weighted by Crippen LogP contribution is -2.36. The summed E-state index contributed by atoms with van der Waals surface area (Å²) in [6, 6.07) is 5.41. The molecule has 1 saturated carbocycles. The van der Waals surface area contributed by atoms with Crippen LogP contribution in [0.5, 0.6) is 11.5 Å². The Bertz CT molecular complexity index is 420. The molecule has 1 fully saturated rings. The van der Waals surface area contributed by atoms with Gasteiger partial charge in [-0.1, -0.05) is 12.8 Å². The summed E-state index contributed by atoms with van der Waals surface area (Å²) in [7, 11) is 3.16. The lowest BCUT2D eigenvalue weighted by molar-refractivity contribution is 0.248. The van der Waals surface area contributed by atoms with Crippen molar-refractivity contribution in [3.63, 3.8) is 0 Å². The zero-order valence-electron chi connectivity index (χ0n) is 11.4. The molecule has 0 unspecified atom stereocenters. The van der Waals surface area contributed by atoms with Gasteiger partial charge in [0.15, 0.2) is 0 Å². The molecule has 0 saturated heterocycles. The third-order valence-corrected chi connectivity index (χ3v) is 3.30. The number of hydrogen-bond acceptors (Lipinski definition) is 3. The number of carbonyl (C=O) groups is 1. The fourth-order valence-corrected chi connectivity index (χ4v) is 2.30. The van der Waals surface area contributed by atoms with Gasteiger partial charge in [0, 0.05) is 29.9 Å². The summed E-state index contributed by atoms with van der Waals surface area (Å²) in [4.78, 5) is 11.9. The zero-order valence-corrected chi connectivity index (χ0v) is 11.4. The number of anilines is 1. The number of benzene rings is 1. The smallest absolute Gasteiger partial charge is 0.319 e. The summed E-state index contributed by atoms with van der Waals surface area (Å²) < 4.78 is 10.3. The highest BCUT2D eigenvalue weighted by atomic mass is 16.5. The van der Waals surface area contributed by atoms with Crippen molar-refractivity contribution in [1.29, 1.82) is 0 Å². The molecule has 0 heterocycles. The highest BCUT2D eigenvalue weighted by Crippen LogP contribution is 2.25. The van der Waals surface area contributed by atoms with Crippen molar-refractivity contribution in [2.45, 2.75) is 31.7 Å². The maximum atomic E-state index is 11.9. The zero-order chi connectivity index (χ0) is 13.7. The quantitative estimate of drug-likeness (QED) is 0.879. The third kappa shape index (κ3) is 3.77. The van der Waals surface area contributed by atoms with Gasteiger partial charge in [-0.15, -0.1) is 0 Å². The van der Waals surface area contributed by atoms with Crippen LogP contribution in [0.3, 0.4) is 0 Å². The molecule has 2 amide bonds. The predicted octanol–water partition coefficient (Wildman–Crippen LogP) is 2.77. The van der Waals surface area contributed by atoms with Crippen LogP contribution in [-0.4, -0.2) is 26.3 Å². The van der Waals surface area contributed by atoms with Crippen molar-refractivity contribution in [2.24, 2.45) is 0 Å². The van der Waals surface area contributed by atoms with Crippen LogP contribution >= 0.6 is 0 Å².